The lowest BCUT2D eigenvalue weighted by molar-refractivity contribution is -0.127. The molecule has 0 aromatic rings. The average molecular weight is 359 g/mol. The Labute approximate surface area is 151 Å². The molecule has 0 bridgehead atoms. The van der Waals surface area contributed by atoms with Crippen molar-refractivity contribution in [3.05, 3.63) is 12.7 Å². The number of nitrogens with zero attached hydrogens (tertiary/aromatic N) is 1. The Morgan fingerprint density at radius 3 is 2.79 bits per heavy atom. The van der Waals surface area contributed by atoms with Crippen LogP contribution in [0.4, 0.5) is 0 Å². The molecule has 6 nitrogen and oxygen atoms in total. The van der Waals surface area contributed by atoms with Gasteiger partial charge in [-0.2, -0.15) is 0 Å². The van der Waals surface area contributed by atoms with Crippen LogP contribution in [-0.2, 0) is 9.59 Å². The van der Waals surface area contributed by atoms with Crippen LogP contribution in [0.15, 0.2) is 12.7 Å². The van der Waals surface area contributed by atoms with Gasteiger partial charge in [-0.05, 0) is 51.6 Å². The molecule has 0 aromatic carbocycles. The normalized spacial score (nSPS) is 25.4. The van der Waals surface area contributed by atoms with Gasteiger partial charge in [0.25, 0.3) is 0 Å². The number of likely N-dealkylation sites (tertiary alicyclic amines) is 1. The Balaban J connectivity index is 0.00000288. The van der Waals surface area contributed by atoms with E-state index in [2.05, 4.69) is 27.4 Å². The molecule has 0 aliphatic carbocycles. The van der Waals surface area contributed by atoms with Crippen LogP contribution in [0, 0.1) is 5.92 Å². The maximum absolute atomic E-state index is 12.1. The highest BCUT2D eigenvalue weighted by atomic mass is 35.5. The number of amides is 2. The second-order valence-electron chi connectivity index (χ2n) is 6.61. The minimum Gasteiger partial charge on any atom is -0.354 e. The lowest BCUT2D eigenvalue weighted by atomic mass is 9.96. The molecule has 2 aliphatic heterocycles. The van der Waals surface area contributed by atoms with E-state index in [1.807, 2.05) is 6.92 Å². The number of nitrogens with one attached hydrogen (secondary N) is 3. The van der Waals surface area contributed by atoms with E-state index in [0.29, 0.717) is 19.0 Å². The summed E-state index contributed by atoms with van der Waals surface area (Å²) in [4.78, 5) is 26.4. The quantitative estimate of drug-likeness (QED) is 0.585. The van der Waals surface area contributed by atoms with E-state index in [1.54, 1.807) is 6.08 Å². The van der Waals surface area contributed by atoms with Crippen molar-refractivity contribution in [2.45, 2.75) is 44.7 Å². The molecule has 0 aromatic heterocycles. The molecule has 2 heterocycles. The molecule has 7 heteroatoms. The van der Waals surface area contributed by atoms with Crippen molar-refractivity contribution in [3.8, 4) is 0 Å². The standard InChI is InChI=1S/C17H30N4O2.ClH/c1-3-8-19-16(22)13(2)21-10-5-6-14(12-21)11-20-17(23)15-7-4-9-18-15;/h3,13-15,18H,1,4-12H2,2H3,(H,19,22)(H,20,23);1H. The third-order valence-electron chi connectivity index (χ3n) is 4.84. The van der Waals surface area contributed by atoms with Crippen molar-refractivity contribution < 1.29 is 9.59 Å². The van der Waals surface area contributed by atoms with Crippen molar-refractivity contribution in [2.75, 3.05) is 32.7 Å². The summed E-state index contributed by atoms with van der Waals surface area (Å²) in [6, 6.07) is -0.150. The predicted octanol–water partition coefficient (Wildman–Crippen LogP) is 0.679. The highest BCUT2D eigenvalue weighted by Gasteiger charge is 2.28. The first-order chi connectivity index (χ1) is 11.1. The van der Waals surface area contributed by atoms with Crippen LogP contribution in [0.5, 0.6) is 0 Å². The zero-order valence-corrected chi connectivity index (χ0v) is 15.4. The van der Waals surface area contributed by atoms with Crippen LogP contribution in [-0.4, -0.2) is 61.5 Å². The molecule has 2 saturated heterocycles. The minimum atomic E-state index is -0.134. The summed E-state index contributed by atoms with van der Waals surface area (Å²) in [5.41, 5.74) is 0. The summed E-state index contributed by atoms with van der Waals surface area (Å²) >= 11 is 0. The highest BCUT2D eigenvalue weighted by molar-refractivity contribution is 5.85. The number of halogens is 1. The van der Waals surface area contributed by atoms with Crippen LogP contribution in [0.3, 0.4) is 0 Å². The summed E-state index contributed by atoms with van der Waals surface area (Å²) < 4.78 is 0. The van der Waals surface area contributed by atoms with Gasteiger partial charge in [-0.15, -0.1) is 19.0 Å². The Hall–Kier alpha value is -1.11. The second-order valence-corrected chi connectivity index (χ2v) is 6.61. The van der Waals surface area contributed by atoms with Gasteiger partial charge < -0.3 is 16.0 Å². The lowest BCUT2D eigenvalue weighted by Gasteiger charge is -2.36. The molecule has 0 spiro atoms. The van der Waals surface area contributed by atoms with Crippen LogP contribution in [0.25, 0.3) is 0 Å². The fourth-order valence-electron chi connectivity index (χ4n) is 3.38. The lowest BCUT2D eigenvalue weighted by Crippen LogP contribution is -2.51. The van der Waals surface area contributed by atoms with Gasteiger partial charge in [-0.25, -0.2) is 0 Å². The van der Waals surface area contributed by atoms with E-state index < -0.39 is 0 Å². The first-order valence-electron chi connectivity index (χ1n) is 8.75. The van der Waals surface area contributed by atoms with Crippen LogP contribution in [0.2, 0.25) is 0 Å². The summed E-state index contributed by atoms with van der Waals surface area (Å²) in [6.45, 7) is 9.51. The third kappa shape index (κ3) is 6.07. The Kier molecular flexibility index (Phi) is 9.33. The molecule has 2 amide bonds. The molecule has 24 heavy (non-hydrogen) atoms. The van der Waals surface area contributed by atoms with Crippen molar-refractivity contribution in [2.24, 2.45) is 5.92 Å². The van der Waals surface area contributed by atoms with Gasteiger partial charge in [0, 0.05) is 19.6 Å². The van der Waals surface area contributed by atoms with E-state index in [4.69, 9.17) is 0 Å². The molecule has 3 unspecified atom stereocenters. The fourth-order valence-corrected chi connectivity index (χ4v) is 3.38. The third-order valence-corrected chi connectivity index (χ3v) is 4.84. The second kappa shape index (κ2) is 10.7. The zero-order valence-electron chi connectivity index (χ0n) is 14.6. The molecule has 0 saturated carbocycles. The first-order valence-corrected chi connectivity index (χ1v) is 8.75. The number of hydrogen-bond donors (Lipinski definition) is 3. The predicted molar refractivity (Wildman–Crippen MR) is 98.2 cm³/mol. The van der Waals surface area contributed by atoms with Gasteiger partial charge in [-0.3, -0.25) is 14.5 Å². The average Bonchev–Trinajstić information content (AvgIpc) is 3.11. The summed E-state index contributed by atoms with van der Waals surface area (Å²) in [5, 5.41) is 9.15. The van der Waals surface area contributed by atoms with Gasteiger partial charge in [0.05, 0.1) is 12.1 Å². The molecule has 138 valence electrons. The molecule has 2 fully saturated rings. The van der Waals surface area contributed by atoms with E-state index in [1.165, 1.54) is 0 Å². The fraction of sp³-hybridized carbons (Fsp3) is 0.765. The van der Waals surface area contributed by atoms with Gasteiger partial charge in [0.1, 0.15) is 0 Å². The topological polar surface area (TPSA) is 73.5 Å². The molecular formula is C17H31ClN4O2. The van der Waals surface area contributed by atoms with Crippen molar-refractivity contribution >= 4 is 24.2 Å². The Morgan fingerprint density at radius 1 is 1.33 bits per heavy atom. The van der Waals surface area contributed by atoms with Gasteiger partial charge in [-0.1, -0.05) is 6.08 Å². The van der Waals surface area contributed by atoms with Crippen LogP contribution >= 0.6 is 12.4 Å². The monoisotopic (exact) mass is 358 g/mol. The maximum atomic E-state index is 12.1. The smallest absolute Gasteiger partial charge is 0.237 e. The summed E-state index contributed by atoms with van der Waals surface area (Å²) in [6.07, 6.45) is 5.88. The first kappa shape index (κ1) is 20.9. The van der Waals surface area contributed by atoms with E-state index in [0.717, 1.165) is 45.3 Å². The highest BCUT2D eigenvalue weighted by Crippen LogP contribution is 2.18. The molecule has 3 N–H and O–H groups in total. The summed E-state index contributed by atoms with van der Waals surface area (Å²) in [7, 11) is 0. The van der Waals surface area contributed by atoms with E-state index in [-0.39, 0.29) is 36.3 Å². The van der Waals surface area contributed by atoms with Gasteiger partial charge >= 0.3 is 0 Å². The Morgan fingerprint density at radius 2 is 2.12 bits per heavy atom. The molecule has 0 radical (unpaired) electrons. The van der Waals surface area contributed by atoms with Gasteiger partial charge in [0.15, 0.2) is 0 Å². The largest absolute Gasteiger partial charge is 0.354 e. The minimum absolute atomic E-state index is 0. The van der Waals surface area contributed by atoms with E-state index in [9.17, 15) is 9.59 Å². The number of hydrogen-bond acceptors (Lipinski definition) is 4. The number of carbonyl (C=O) groups is 2. The molecule has 2 rings (SSSR count). The van der Waals surface area contributed by atoms with Crippen LogP contribution in [0.1, 0.15) is 32.6 Å². The molecule has 3 atom stereocenters. The zero-order chi connectivity index (χ0) is 16.7. The number of piperidine rings is 1. The molecule has 2 aliphatic rings. The van der Waals surface area contributed by atoms with E-state index >= 15 is 0 Å². The van der Waals surface area contributed by atoms with Crippen molar-refractivity contribution in [3.63, 3.8) is 0 Å². The Bertz CT molecular complexity index is 427. The summed E-state index contributed by atoms with van der Waals surface area (Å²) in [5.74, 6) is 0.588. The number of carbonyl (C=O) groups excluding carboxylic acids is 2. The SMILES string of the molecule is C=CCNC(=O)C(C)N1CCCC(CNC(=O)C2CCCN2)C1.Cl. The maximum Gasteiger partial charge on any atom is 0.237 e. The van der Waals surface area contributed by atoms with Gasteiger partial charge in [0.2, 0.25) is 11.8 Å². The molecular weight excluding hydrogens is 328 g/mol. The number of rotatable bonds is 7. The van der Waals surface area contributed by atoms with Crippen LogP contribution < -0.4 is 16.0 Å². The van der Waals surface area contributed by atoms with Crippen molar-refractivity contribution in [1.82, 2.24) is 20.9 Å². The van der Waals surface area contributed by atoms with Crippen molar-refractivity contribution in [1.29, 1.82) is 0 Å².